The largest absolute Gasteiger partial charge is 0.302 e. The summed E-state index contributed by atoms with van der Waals surface area (Å²) in [6, 6.07) is 13.7. The van der Waals surface area contributed by atoms with Crippen LogP contribution in [0.3, 0.4) is 0 Å². The summed E-state index contributed by atoms with van der Waals surface area (Å²) < 4.78 is 0.998. The maximum absolute atomic E-state index is 13.1. The van der Waals surface area contributed by atoms with Gasteiger partial charge < -0.3 is 4.90 Å². The number of anilines is 1. The molecular weight excluding hydrogens is 437 g/mol. The molecule has 3 rings (SSSR count). The van der Waals surface area contributed by atoms with E-state index in [0.717, 1.165) is 41.0 Å². The van der Waals surface area contributed by atoms with Gasteiger partial charge >= 0.3 is 0 Å². The molecule has 0 spiro atoms. The lowest BCUT2D eigenvalue weighted by Gasteiger charge is -2.23. The number of fused-ring (bicyclic) bond motifs is 1. The molecule has 2 aromatic carbocycles. The SMILES string of the molecule is CCN(CC)CCN(C(=O)C=Cc1ccccc1)c1nc2c(C)cc(Cl)cc2s1.Cl. The van der Waals surface area contributed by atoms with Gasteiger partial charge in [-0.2, -0.15) is 0 Å². The van der Waals surface area contributed by atoms with Gasteiger partial charge in [-0.25, -0.2) is 4.98 Å². The van der Waals surface area contributed by atoms with Crippen LogP contribution in [0, 0.1) is 6.92 Å². The van der Waals surface area contributed by atoms with Gasteiger partial charge in [0.25, 0.3) is 5.91 Å². The zero-order chi connectivity index (χ0) is 20.8. The smallest absolute Gasteiger partial charge is 0.252 e. The van der Waals surface area contributed by atoms with E-state index in [1.165, 1.54) is 11.3 Å². The number of nitrogens with zero attached hydrogens (tertiary/aromatic N) is 3. The minimum Gasteiger partial charge on any atom is -0.302 e. The van der Waals surface area contributed by atoms with Crippen LogP contribution in [0.4, 0.5) is 5.13 Å². The fraction of sp³-hybridized carbons (Fsp3) is 0.304. The van der Waals surface area contributed by atoms with Crippen LogP contribution in [0.5, 0.6) is 0 Å². The summed E-state index contributed by atoms with van der Waals surface area (Å²) in [7, 11) is 0. The molecule has 7 heteroatoms. The van der Waals surface area contributed by atoms with Crippen molar-refractivity contribution in [2.45, 2.75) is 20.8 Å². The Balaban J connectivity index is 0.00000320. The number of thiazole rings is 1. The van der Waals surface area contributed by atoms with Crippen molar-refractivity contribution in [3.8, 4) is 0 Å². The van der Waals surface area contributed by atoms with Crippen molar-refractivity contribution in [1.82, 2.24) is 9.88 Å². The van der Waals surface area contributed by atoms with E-state index in [-0.39, 0.29) is 18.3 Å². The zero-order valence-corrected chi connectivity index (χ0v) is 19.9. The Kier molecular flexibility index (Phi) is 9.31. The third-order valence-corrected chi connectivity index (χ3v) is 6.13. The minimum absolute atomic E-state index is 0. The quantitative estimate of drug-likeness (QED) is 0.380. The Hall–Kier alpha value is -1.92. The number of rotatable bonds is 8. The van der Waals surface area contributed by atoms with Crippen molar-refractivity contribution in [2.24, 2.45) is 0 Å². The molecule has 0 aliphatic rings. The zero-order valence-electron chi connectivity index (χ0n) is 17.5. The molecule has 0 saturated heterocycles. The second kappa shape index (κ2) is 11.5. The molecule has 0 fully saturated rings. The Bertz CT molecular complexity index is 1000. The molecule has 0 radical (unpaired) electrons. The van der Waals surface area contributed by atoms with Gasteiger partial charge in [-0.15, -0.1) is 12.4 Å². The molecule has 0 aliphatic carbocycles. The molecule has 30 heavy (non-hydrogen) atoms. The van der Waals surface area contributed by atoms with E-state index in [1.54, 1.807) is 11.0 Å². The number of likely N-dealkylation sites (N-methyl/N-ethyl adjacent to an activating group) is 1. The van der Waals surface area contributed by atoms with Crippen LogP contribution in [-0.2, 0) is 4.79 Å². The topological polar surface area (TPSA) is 36.4 Å². The van der Waals surface area contributed by atoms with Crippen LogP contribution in [0.15, 0.2) is 48.5 Å². The number of amides is 1. The number of aryl methyl sites for hydroxylation is 1. The van der Waals surface area contributed by atoms with Gasteiger partial charge in [-0.3, -0.25) is 9.69 Å². The first-order valence-corrected chi connectivity index (χ1v) is 11.0. The van der Waals surface area contributed by atoms with Crippen LogP contribution >= 0.6 is 35.3 Å². The number of carbonyl (C=O) groups excluding carboxylic acids is 1. The number of carbonyl (C=O) groups is 1. The Morgan fingerprint density at radius 1 is 1.13 bits per heavy atom. The lowest BCUT2D eigenvalue weighted by Crippen LogP contribution is -2.38. The van der Waals surface area contributed by atoms with Gasteiger partial charge in [0.1, 0.15) is 0 Å². The van der Waals surface area contributed by atoms with Crippen LogP contribution in [0.2, 0.25) is 5.02 Å². The van der Waals surface area contributed by atoms with E-state index in [2.05, 4.69) is 18.7 Å². The molecule has 3 aromatic rings. The first-order valence-electron chi connectivity index (χ1n) is 9.85. The van der Waals surface area contributed by atoms with Gasteiger partial charge in [0.15, 0.2) is 5.13 Å². The highest BCUT2D eigenvalue weighted by molar-refractivity contribution is 7.22. The van der Waals surface area contributed by atoms with Gasteiger partial charge in [-0.1, -0.05) is 67.1 Å². The van der Waals surface area contributed by atoms with Gasteiger partial charge in [-0.05, 0) is 49.3 Å². The van der Waals surface area contributed by atoms with E-state index >= 15 is 0 Å². The third-order valence-electron chi connectivity index (χ3n) is 4.89. The van der Waals surface area contributed by atoms with Crippen LogP contribution in [0.1, 0.15) is 25.0 Å². The molecular formula is C23H27Cl2N3OS. The minimum atomic E-state index is -0.0659. The number of hydrogen-bond donors (Lipinski definition) is 0. The van der Waals surface area contributed by atoms with Crippen molar-refractivity contribution in [3.63, 3.8) is 0 Å². The lowest BCUT2D eigenvalue weighted by atomic mass is 10.2. The molecule has 1 aromatic heterocycles. The summed E-state index contributed by atoms with van der Waals surface area (Å²) in [6.07, 6.45) is 3.48. The highest BCUT2D eigenvalue weighted by Crippen LogP contribution is 2.33. The summed E-state index contributed by atoms with van der Waals surface area (Å²) in [5.41, 5.74) is 2.92. The van der Waals surface area contributed by atoms with Crippen molar-refractivity contribution in [3.05, 3.63) is 64.7 Å². The maximum Gasteiger partial charge on any atom is 0.252 e. The van der Waals surface area contributed by atoms with Crippen LogP contribution in [-0.4, -0.2) is 42.0 Å². The summed E-state index contributed by atoms with van der Waals surface area (Å²) in [5.74, 6) is -0.0659. The molecule has 0 atom stereocenters. The molecule has 1 heterocycles. The number of halogens is 2. The highest BCUT2D eigenvalue weighted by atomic mass is 35.5. The second-order valence-electron chi connectivity index (χ2n) is 6.83. The van der Waals surface area contributed by atoms with Crippen molar-refractivity contribution in [1.29, 1.82) is 0 Å². The summed E-state index contributed by atoms with van der Waals surface area (Å²) in [5, 5.41) is 1.40. The highest BCUT2D eigenvalue weighted by Gasteiger charge is 2.19. The summed E-state index contributed by atoms with van der Waals surface area (Å²) >= 11 is 7.72. The maximum atomic E-state index is 13.1. The monoisotopic (exact) mass is 463 g/mol. The van der Waals surface area contributed by atoms with Crippen LogP contribution < -0.4 is 4.90 Å². The van der Waals surface area contributed by atoms with E-state index < -0.39 is 0 Å². The first-order chi connectivity index (χ1) is 14.0. The molecule has 160 valence electrons. The van der Waals surface area contributed by atoms with E-state index in [1.807, 2.05) is 55.5 Å². The average Bonchev–Trinajstić information content (AvgIpc) is 3.14. The average molecular weight is 464 g/mol. The third kappa shape index (κ3) is 6.05. The van der Waals surface area contributed by atoms with E-state index in [9.17, 15) is 4.79 Å². The van der Waals surface area contributed by atoms with Crippen molar-refractivity contribution >= 4 is 62.7 Å². The summed E-state index contributed by atoms with van der Waals surface area (Å²) in [6.45, 7) is 9.55. The molecule has 0 saturated carbocycles. The predicted octanol–water partition coefficient (Wildman–Crippen LogP) is 6.07. The Morgan fingerprint density at radius 3 is 2.50 bits per heavy atom. The second-order valence-corrected chi connectivity index (χ2v) is 8.27. The molecule has 4 nitrogen and oxygen atoms in total. The first kappa shape index (κ1) is 24.4. The normalized spacial score (nSPS) is 11.2. The summed E-state index contributed by atoms with van der Waals surface area (Å²) in [4.78, 5) is 21.9. The molecule has 0 unspecified atom stereocenters. The lowest BCUT2D eigenvalue weighted by molar-refractivity contribution is -0.114. The predicted molar refractivity (Wildman–Crippen MR) is 132 cm³/mol. The van der Waals surface area contributed by atoms with Gasteiger partial charge in [0, 0.05) is 24.2 Å². The van der Waals surface area contributed by atoms with Gasteiger partial charge in [0.05, 0.1) is 10.2 Å². The van der Waals surface area contributed by atoms with Crippen LogP contribution in [0.25, 0.3) is 16.3 Å². The molecule has 0 bridgehead atoms. The standard InChI is InChI=1S/C23H26ClN3OS.ClH/c1-4-26(5-2)13-14-27(21(28)12-11-18-9-7-6-8-10-18)23-25-22-17(3)15-19(24)16-20(22)29-23;/h6-12,15-16H,4-5,13-14H2,1-3H3;1H. The van der Waals surface area contributed by atoms with E-state index in [4.69, 9.17) is 16.6 Å². The molecule has 0 N–H and O–H groups in total. The van der Waals surface area contributed by atoms with Gasteiger partial charge in [0.2, 0.25) is 0 Å². The number of aromatic nitrogens is 1. The number of benzene rings is 2. The van der Waals surface area contributed by atoms with E-state index in [0.29, 0.717) is 16.7 Å². The van der Waals surface area contributed by atoms with Crippen molar-refractivity contribution in [2.75, 3.05) is 31.1 Å². The Labute approximate surface area is 193 Å². The number of hydrogen-bond acceptors (Lipinski definition) is 4. The Morgan fingerprint density at radius 2 is 1.83 bits per heavy atom. The fourth-order valence-electron chi connectivity index (χ4n) is 3.16. The fourth-order valence-corrected chi connectivity index (χ4v) is 4.61. The van der Waals surface area contributed by atoms with Crippen molar-refractivity contribution < 1.29 is 4.79 Å². The molecule has 1 amide bonds. The molecule has 0 aliphatic heterocycles.